The van der Waals surface area contributed by atoms with E-state index in [0.29, 0.717) is 18.9 Å². The maximum Gasteiger partial charge on any atom is 0.191 e. The van der Waals surface area contributed by atoms with Crippen LogP contribution in [0.5, 0.6) is 11.5 Å². The number of hydrogen-bond acceptors (Lipinski definition) is 5. The fraction of sp³-hybridized carbons (Fsp3) is 0.389. The fourth-order valence-corrected chi connectivity index (χ4v) is 3.72. The highest BCUT2D eigenvalue weighted by atomic mass is 19.1. The molecule has 5 nitrogen and oxygen atoms in total. The van der Waals surface area contributed by atoms with Gasteiger partial charge in [0.25, 0.3) is 0 Å². The summed E-state index contributed by atoms with van der Waals surface area (Å²) in [6.07, 6.45) is 3.62. The van der Waals surface area contributed by atoms with Crippen LogP contribution in [0.4, 0.5) is 20.3 Å². The number of nitrogens with two attached hydrogens (primary N) is 1. The number of hydrogen-bond donors (Lipinski definition) is 1. The highest BCUT2D eigenvalue weighted by Crippen LogP contribution is 2.54. The first kappa shape index (κ1) is 15.9. The molecular formula is C18H19F2N3O2. The number of ether oxygens (including phenoxy) is 2. The monoisotopic (exact) mass is 347 g/mol. The molecule has 1 aromatic carbocycles. The second-order valence-corrected chi connectivity index (χ2v) is 6.66. The molecule has 132 valence electrons. The Morgan fingerprint density at radius 3 is 2.32 bits per heavy atom. The first-order valence-corrected chi connectivity index (χ1v) is 8.09. The second-order valence-electron chi connectivity index (χ2n) is 6.66. The van der Waals surface area contributed by atoms with Gasteiger partial charge in [-0.2, -0.15) is 0 Å². The summed E-state index contributed by atoms with van der Waals surface area (Å²) in [6.45, 7) is 0.877. The van der Waals surface area contributed by atoms with Crippen molar-refractivity contribution >= 4 is 11.5 Å². The Morgan fingerprint density at radius 1 is 1.12 bits per heavy atom. The normalized spacial score (nSPS) is 17.4. The van der Waals surface area contributed by atoms with E-state index in [2.05, 4.69) is 4.98 Å². The van der Waals surface area contributed by atoms with Crippen molar-refractivity contribution < 1.29 is 18.3 Å². The van der Waals surface area contributed by atoms with Crippen LogP contribution in [-0.4, -0.2) is 25.7 Å². The number of anilines is 2. The van der Waals surface area contributed by atoms with E-state index in [1.54, 1.807) is 11.1 Å². The Labute approximate surface area is 144 Å². The summed E-state index contributed by atoms with van der Waals surface area (Å²) in [5.74, 6) is -1.05. The second kappa shape index (κ2) is 5.47. The van der Waals surface area contributed by atoms with Gasteiger partial charge in [-0.05, 0) is 30.0 Å². The number of halogens is 2. The fourth-order valence-electron chi connectivity index (χ4n) is 3.72. The Hall–Kier alpha value is -2.57. The molecular weight excluding hydrogens is 328 g/mol. The molecule has 25 heavy (non-hydrogen) atoms. The zero-order valence-corrected chi connectivity index (χ0v) is 14.1. The average Bonchev–Trinajstić information content (AvgIpc) is 3.36. The van der Waals surface area contributed by atoms with E-state index in [1.165, 1.54) is 20.3 Å². The third kappa shape index (κ3) is 2.37. The van der Waals surface area contributed by atoms with E-state index in [0.717, 1.165) is 24.0 Å². The third-order valence-electron chi connectivity index (χ3n) is 5.15. The van der Waals surface area contributed by atoms with Gasteiger partial charge in [0.1, 0.15) is 11.5 Å². The van der Waals surface area contributed by atoms with E-state index < -0.39 is 11.6 Å². The Morgan fingerprint density at radius 2 is 1.76 bits per heavy atom. The first-order valence-electron chi connectivity index (χ1n) is 8.09. The Kier molecular flexibility index (Phi) is 3.49. The van der Waals surface area contributed by atoms with Crippen molar-refractivity contribution in [2.24, 2.45) is 0 Å². The van der Waals surface area contributed by atoms with Crippen molar-refractivity contribution in [1.29, 1.82) is 0 Å². The van der Waals surface area contributed by atoms with Crippen LogP contribution in [0.1, 0.15) is 24.0 Å². The zero-order valence-electron chi connectivity index (χ0n) is 14.1. The molecule has 1 aromatic heterocycles. The van der Waals surface area contributed by atoms with Crippen LogP contribution in [0, 0.1) is 11.6 Å². The Balaban J connectivity index is 1.83. The SMILES string of the molecule is COc1cc(OC)c(F)c(N2Cc3cnc(N)cc3C3(CC3)C2)c1F. The summed E-state index contributed by atoms with van der Waals surface area (Å²) in [5, 5.41) is 0. The summed E-state index contributed by atoms with van der Waals surface area (Å²) in [7, 11) is 2.69. The molecule has 2 aromatic rings. The lowest BCUT2D eigenvalue weighted by molar-refractivity contribution is 0.357. The van der Waals surface area contributed by atoms with E-state index in [-0.39, 0.29) is 22.6 Å². The van der Waals surface area contributed by atoms with Crippen LogP contribution in [-0.2, 0) is 12.0 Å². The molecule has 1 spiro atoms. The minimum Gasteiger partial charge on any atom is -0.493 e. The van der Waals surface area contributed by atoms with Crippen LogP contribution in [0.2, 0.25) is 0 Å². The summed E-state index contributed by atoms with van der Waals surface area (Å²) in [5.41, 5.74) is 7.68. The van der Waals surface area contributed by atoms with E-state index >= 15 is 0 Å². The van der Waals surface area contributed by atoms with Gasteiger partial charge in [-0.1, -0.05) is 0 Å². The number of benzene rings is 1. The number of aromatic nitrogens is 1. The minimum absolute atomic E-state index is 0.0423. The van der Waals surface area contributed by atoms with Gasteiger partial charge in [0.05, 0.1) is 14.2 Å². The molecule has 1 aliphatic heterocycles. The van der Waals surface area contributed by atoms with Crippen molar-refractivity contribution in [2.75, 3.05) is 31.4 Å². The first-order chi connectivity index (χ1) is 12.0. The highest BCUT2D eigenvalue weighted by molar-refractivity contribution is 5.62. The Bertz CT molecular complexity index is 824. The molecule has 0 atom stereocenters. The minimum atomic E-state index is -0.719. The number of methoxy groups -OCH3 is 2. The average molecular weight is 347 g/mol. The maximum atomic E-state index is 14.8. The van der Waals surface area contributed by atoms with Crippen molar-refractivity contribution in [1.82, 2.24) is 4.98 Å². The molecule has 1 aliphatic carbocycles. The lowest BCUT2D eigenvalue weighted by Gasteiger charge is -2.37. The van der Waals surface area contributed by atoms with Gasteiger partial charge in [0, 0.05) is 30.8 Å². The van der Waals surface area contributed by atoms with Crippen molar-refractivity contribution in [3.8, 4) is 11.5 Å². The zero-order chi connectivity index (χ0) is 17.8. The van der Waals surface area contributed by atoms with Gasteiger partial charge in [-0.3, -0.25) is 0 Å². The topological polar surface area (TPSA) is 60.6 Å². The molecule has 2 aliphatic rings. The number of nitrogen functional groups attached to an aromatic ring is 1. The lowest BCUT2D eigenvalue weighted by Crippen LogP contribution is -2.39. The molecule has 0 saturated heterocycles. The molecule has 2 heterocycles. The summed E-state index contributed by atoms with van der Waals surface area (Å²) in [6, 6.07) is 3.11. The number of fused-ring (bicyclic) bond motifs is 2. The van der Waals surface area contributed by atoms with Crippen molar-refractivity contribution in [3.63, 3.8) is 0 Å². The van der Waals surface area contributed by atoms with E-state index in [9.17, 15) is 8.78 Å². The summed E-state index contributed by atoms with van der Waals surface area (Å²) < 4.78 is 39.8. The van der Waals surface area contributed by atoms with Gasteiger partial charge in [-0.25, -0.2) is 13.8 Å². The molecule has 1 fully saturated rings. The van der Waals surface area contributed by atoms with Crippen LogP contribution >= 0.6 is 0 Å². The van der Waals surface area contributed by atoms with Gasteiger partial charge >= 0.3 is 0 Å². The molecule has 7 heteroatoms. The molecule has 2 N–H and O–H groups in total. The van der Waals surface area contributed by atoms with Crippen LogP contribution in [0.25, 0.3) is 0 Å². The largest absolute Gasteiger partial charge is 0.493 e. The molecule has 0 bridgehead atoms. The molecule has 4 rings (SSSR count). The quantitative estimate of drug-likeness (QED) is 0.925. The summed E-state index contributed by atoms with van der Waals surface area (Å²) in [4.78, 5) is 5.85. The maximum absolute atomic E-state index is 14.8. The van der Waals surface area contributed by atoms with Crippen LogP contribution < -0.4 is 20.1 Å². The molecule has 0 unspecified atom stereocenters. The van der Waals surface area contributed by atoms with Crippen molar-refractivity contribution in [2.45, 2.75) is 24.8 Å². The van der Waals surface area contributed by atoms with Gasteiger partial charge < -0.3 is 20.1 Å². The number of nitrogens with zero attached hydrogens (tertiary/aromatic N) is 2. The molecule has 0 amide bonds. The van der Waals surface area contributed by atoms with E-state index in [1.807, 2.05) is 6.07 Å². The lowest BCUT2D eigenvalue weighted by atomic mass is 9.87. The predicted molar refractivity (Wildman–Crippen MR) is 90.1 cm³/mol. The number of rotatable bonds is 3. The summed E-state index contributed by atoms with van der Waals surface area (Å²) >= 11 is 0. The molecule has 1 saturated carbocycles. The van der Waals surface area contributed by atoms with E-state index in [4.69, 9.17) is 15.2 Å². The van der Waals surface area contributed by atoms with Gasteiger partial charge in [-0.15, -0.1) is 0 Å². The standard InChI is InChI=1S/C18H19F2N3O2/c1-24-12-6-13(25-2)16(20)17(15(12)19)23-8-10-7-22-14(21)5-11(10)18(9-23)3-4-18/h5-7H,3-4,8-9H2,1-2H3,(H2,21,22). The van der Waals surface area contributed by atoms with Crippen molar-refractivity contribution in [3.05, 3.63) is 41.1 Å². The van der Waals surface area contributed by atoms with Crippen LogP contribution in [0.15, 0.2) is 18.3 Å². The van der Waals surface area contributed by atoms with Gasteiger partial charge in [0.2, 0.25) is 0 Å². The van der Waals surface area contributed by atoms with Gasteiger partial charge in [0.15, 0.2) is 23.1 Å². The predicted octanol–water partition coefficient (Wildman–Crippen LogP) is 3.01. The number of pyridine rings is 1. The highest BCUT2D eigenvalue weighted by Gasteiger charge is 2.50. The van der Waals surface area contributed by atoms with Crippen LogP contribution in [0.3, 0.4) is 0 Å². The molecule has 0 radical (unpaired) electrons. The third-order valence-corrected chi connectivity index (χ3v) is 5.15. The smallest absolute Gasteiger partial charge is 0.191 e.